The van der Waals surface area contributed by atoms with Crippen molar-refractivity contribution in [3.8, 4) is 0 Å². The maximum atomic E-state index is 13.0. The number of aromatic nitrogens is 2. The van der Waals surface area contributed by atoms with Crippen LogP contribution >= 0.6 is 11.8 Å². The summed E-state index contributed by atoms with van der Waals surface area (Å²) in [7, 11) is 0. The summed E-state index contributed by atoms with van der Waals surface area (Å²) in [5.74, 6) is 0.915. The zero-order valence-electron chi connectivity index (χ0n) is 17.1. The molecule has 6 heteroatoms. The van der Waals surface area contributed by atoms with Gasteiger partial charge < -0.3 is 10.2 Å². The van der Waals surface area contributed by atoms with Crippen LogP contribution in [0, 0.1) is 5.92 Å². The number of hydrogen-bond donors (Lipinski definition) is 1. The second-order valence-electron chi connectivity index (χ2n) is 7.53. The fourth-order valence-corrected chi connectivity index (χ4v) is 4.65. The van der Waals surface area contributed by atoms with E-state index >= 15 is 0 Å². The molecule has 2 heterocycles. The Hall–Kier alpha value is -2.86. The van der Waals surface area contributed by atoms with Crippen molar-refractivity contribution in [2.75, 3.05) is 18.0 Å². The molecule has 154 valence electrons. The number of benzene rings is 2. The molecular formula is C24H26N4OS. The van der Waals surface area contributed by atoms with Crippen molar-refractivity contribution in [1.29, 1.82) is 0 Å². The van der Waals surface area contributed by atoms with E-state index in [1.807, 2.05) is 55.5 Å². The first kappa shape index (κ1) is 20.4. The topological polar surface area (TPSA) is 58.1 Å². The molecule has 3 aromatic rings. The largest absolute Gasteiger partial charge is 0.354 e. The summed E-state index contributed by atoms with van der Waals surface area (Å²) in [5.41, 5.74) is 1.12. The molecule has 30 heavy (non-hydrogen) atoms. The van der Waals surface area contributed by atoms with Crippen LogP contribution in [0.3, 0.4) is 0 Å². The molecule has 0 saturated carbocycles. The quantitative estimate of drug-likeness (QED) is 0.628. The standard InChI is InChI=1S/C24H26N4OS/c1-18(19-9-4-2-5-10-19)27-23(29)20-11-8-16-28(17-20)22-24(26-15-14-25-22)30-21-12-6-3-7-13-21/h2-7,9-10,12-15,18,20H,8,11,16-17H2,1H3,(H,27,29)/t18-,20+/m1/s1. The van der Waals surface area contributed by atoms with E-state index in [9.17, 15) is 4.79 Å². The van der Waals surface area contributed by atoms with Crippen molar-refractivity contribution in [3.63, 3.8) is 0 Å². The third kappa shape index (κ3) is 5.00. The highest BCUT2D eigenvalue weighted by Crippen LogP contribution is 2.34. The van der Waals surface area contributed by atoms with Crippen molar-refractivity contribution in [3.05, 3.63) is 78.6 Å². The van der Waals surface area contributed by atoms with E-state index in [0.29, 0.717) is 6.54 Å². The maximum absolute atomic E-state index is 13.0. The summed E-state index contributed by atoms with van der Waals surface area (Å²) < 4.78 is 0. The Morgan fingerprint density at radius 3 is 2.53 bits per heavy atom. The number of nitrogens with zero attached hydrogens (tertiary/aromatic N) is 3. The predicted octanol–water partition coefficient (Wildman–Crippen LogP) is 4.72. The molecule has 0 spiro atoms. The monoisotopic (exact) mass is 418 g/mol. The molecule has 4 rings (SSSR count). The van der Waals surface area contributed by atoms with Gasteiger partial charge in [0.1, 0.15) is 5.03 Å². The van der Waals surface area contributed by atoms with Gasteiger partial charge in [0.25, 0.3) is 0 Å². The van der Waals surface area contributed by atoms with Crippen LogP contribution in [-0.2, 0) is 4.79 Å². The number of carbonyl (C=O) groups excluding carboxylic acids is 1. The van der Waals surface area contributed by atoms with Gasteiger partial charge in [0.15, 0.2) is 5.82 Å². The van der Waals surface area contributed by atoms with E-state index in [1.165, 1.54) is 0 Å². The Balaban J connectivity index is 1.45. The van der Waals surface area contributed by atoms with Gasteiger partial charge >= 0.3 is 0 Å². The average molecular weight is 419 g/mol. The summed E-state index contributed by atoms with van der Waals surface area (Å²) in [6.07, 6.45) is 5.31. The van der Waals surface area contributed by atoms with Crippen LogP contribution in [0.2, 0.25) is 0 Å². The van der Waals surface area contributed by atoms with Gasteiger partial charge in [0, 0.05) is 30.4 Å². The van der Waals surface area contributed by atoms with Gasteiger partial charge in [-0.15, -0.1) is 0 Å². The van der Waals surface area contributed by atoms with Crippen molar-refractivity contribution < 1.29 is 4.79 Å². The molecule has 0 unspecified atom stereocenters. The number of piperidine rings is 1. The Bertz CT molecular complexity index is 967. The molecule has 1 aliphatic heterocycles. The molecule has 2 atom stereocenters. The number of rotatable bonds is 6. The van der Waals surface area contributed by atoms with Crippen LogP contribution in [0.25, 0.3) is 0 Å². The van der Waals surface area contributed by atoms with Gasteiger partial charge in [-0.2, -0.15) is 0 Å². The van der Waals surface area contributed by atoms with Crippen molar-refractivity contribution in [2.24, 2.45) is 5.92 Å². The van der Waals surface area contributed by atoms with Crippen molar-refractivity contribution >= 4 is 23.5 Å². The predicted molar refractivity (Wildman–Crippen MR) is 121 cm³/mol. The molecule has 1 aliphatic rings. The number of anilines is 1. The van der Waals surface area contributed by atoms with Gasteiger partial charge in [-0.3, -0.25) is 4.79 Å². The van der Waals surface area contributed by atoms with E-state index < -0.39 is 0 Å². The molecule has 5 nitrogen and oxygen atoms in total. The summed E-state index contributed by atoms with van der Waals surface area (Å²) >= 11 is 1.61. The van der Waals surface area contributed by atoms with Crippen LogP contribution < -0.4 is 10.2 Å². The van der Waals surface area contributed by atoms with E-state index in [0.717, 1.165) is 40.7 Å². The second kappa shape index (κ2) is 9.76. The number of carbonyl (C=O) groups is 1. The Kier molecular flexibility index (Phi) is 6.64. The lowest BCUT2D eigenvalue weighted by Crippen LogP contribution is -2.44. The lowest BCUT2D eigenvalue weighted by atomic mass is 9.96. The summed E-state index contributed by atoms with van der Waals surface area (Å²) in [5, 5.41) is 4.06. The molecule has 0 aliphatic carbocycles. The van der Waals surface area contributed by atoms with E-state index in [2.05, 4.69) is 32.3 Å². The summed E-state index contributed by atoms with van der Waals surface area (Å²) in [6, 6.07) is 20.3. The first-order valence-electron chi connectivity index (χ1n) is 10.3. The van der Waals surface area contributed by atoms with Crippen molar-refractivity contribution in [2.45, 2.75) is 35.7 Å². The molecule has 1 fully saturated rings. The highest BCUT2D eigenvalue weighted by Gasteiger charge is 2.29. The lowest BCUT2D eigenvalue weighted by molar-refractivity contribution is -0.125. The van der Waals surface area contributed by atoms with E-state index in [-0.39, 0.29) is 17.9 Å². The minimum Gasteiger partial charge on any atom is -0.354 e. The average Bonchev–Trinajstić information content (AvgIpc) is 2.81. The van der Waals surface area contributed by atoms with E-state index in [1.54, 1.807) is 24.2 Å². The first-order valence-corrected chi connectivity index (χ1v) is 11.2. The highest BCUT2D eigenvalue weighted by molar-refractivity contribution is 7.99. The van der Waals surface area contributed by atoms with Crippen LogP contribution in [0.15, 0.2) is 83.0 Å². The Labute approximate surface area is 181 Å². The molecule has 0 radical (unpaired) electrons. The Morgan fingerprint density at radius 2 is 1.77 bits per heavy atom. The maximum Gasteiger partial charge on any atom is 0.225 e. The van der Waals surface area contributed by atoms with Crippen molar-refractivity contribution in [1.82, 2.24) is 15.3 Å². The van der Waals surface area contributed by atoms with Gasteiger partial charge in [0.05, 0.1) is 12.0 Å². The van der Waals surface area contributed by atoms with Crippen LogP contribution in [0.4, 0.5) is 5.82 Å². The van der Waals surface area contributed by atoms with Gasteiger partial charge in [-0.25, -0.2) is 9.97 Å². The number of hydrogen-bond acceptors (Lipinski definition) is 5. The second-order valence-corrected chi connectivity index (χ2v) is 8.59. The Morgan fingerprint density at radius 1 is 1.07 bits per heavy atom. The summed E-state index contributed by atoms with van der Waals surface area (Å²) in [4.78, 5) is 25.5. The normalized spacial score (nSPS) is 17.4. The van der Waals surface area contributed by atoms with E-state index in [4.69, 9.17) is 0 Å². The zero-order chi connectivity index (χ0) is 20.8. The highest BCUT2D eigenvalue weighted by atomic mass is 32.2. The van der Waals surface area contributed by atoms with Gasteiger partial charge in [0.2, 0.25) is 5.91 Å². The van der Waals surface area contributed by atoms with Gasteiger partial charge in [-0.1, -0.05) is 60.3 Å². The fourth-order valence-electron chi connectivity index (χ4n) is 3.75. The van der Waals surface area contributed by atoms with Crippen LogP contribution in [-0.4, -0.2) is 29.0 Å². The SMILES string of the molecule is C[C@@H](NC(=O)[C@H]1CCCN(c2nccnc2Sc2ccccc2)C1)c1ccccc1. The van der Waals surface area contributed by atoms with Crippen LogP contribution in [0.1, 0.15) is 31.4 Å². The molecule has 1 N–H and O–H groups in total. The lowest BCUT2D eigenvalue weighted by Gasteiger charge is -2.34. The first-order chi connectivity index (χ1) is 14.7. The third-order valence-electron chi connectivity index (χ3n) is 5.35. The minimum absolute atomic E-state index is 0.00482. The molecule has 1 amide bonds. The molecule has 1 saturated heterocycles. The summed E-state index contributed by atoms with van der Waals surface area (Å²) in [6.45, 7) is 3.58. The van der Waals surface area contributed by atoms with Gasteiger partial charge in [-0.05, 0) is 37.5 Å². The molecule has 2 aromatic carbocycles. The number of amides is 1. The fraction of sp³-hybridized carbons (Fsp3) is 0.292. The van der Waals surface area contributed by atoms with Crippen LogP contribution in [0.5, 0.6) is 0 Å². The third-order valence-corrected chi connectivity index (χ3v) is 6.34. The minimum atomic E-state index is -0.0542. The zero-order valence-corrected chi connectivity index (χ0v) is 17.9. The molecule has 1 aromatic heterocycles. The number of nitrogens with one attached hydrogen (secondary N) is 1. The molecular weight excluding hydrogens is 392 g/mol. The molecule has 0 bridgehead atoms. The smallest absolute Gasteiger partial charge is 0.225 e.